The fourth-order valence-corrected chi connectivity index (χ4v) is 4.77. The SMILES string of the molecule is C=CCOC(=O)C1=C(C)N=c2s/c(=C/c3ccccc3F)c(=O)n2[C@@H]1c1ccc(OC(C)=O)cc1. The molecule has 0 spiro atoms. The summed E-state index contributed by atoms with van der Waals surface area (Å²) in [6.45, 7) is 6.51. The van der Waals surface area contributed by atoms with Crippen LogP contribution in [0.4, 0.5) is 4.39 Å². The highest BCUT2D eigenvalue weighted by Gasteiger charge is 2.33. The van der Waals surface area contributed by atoms with Gasteiger partial charge in [0.15, 0.2) is 4.80 Å². The van der Waals surface area contributed by atoms with E-state index in [1.54, 1.807) is 49.4 Å². The fourth-order valence-electron chi connectivity index (χ4n) is 3.73. The van der Waals surface area contributed by atoms with E-state index in [0.717, 1.165) is 11.3 Å². The van der Waals surface area contributed by atoms with Crippen molar-refractivity contribution in [3.05, 3.63) is 109 Å². The zero-order valence-electron chi connectivity index (χ0n) is 19.0. The molecule has 1 aliphatic rings. The number of hydrogen-bond donors (Lipinski definition) is 0. The number of halogens is 1. The van der Waals surface area contributed by atoms with Crippen molar-refractivity contribution >= 4 is 29.4 Å². The number of esters is 2. The van der Waals surface area contributed by atoms with E-state index in [4.69, 9.17) is 9.47 Å². The van der Waals surface area contributed by atoms with Gasteiger partial charge in [0.25, 0.3) is 5.56 Å². The number of rotatable bonds is 6. The van der Waals surface area contributed by atoms with Crippen LogP contribution >= 0.6 is 11.3 Å². The molecule has 4 rings (SSSR count). The Kier molecular flexibility index (Phi) is 6.88. The molecular weight excluding hydrogens is 471 g/mol. The Bertz CT molecular complexity index is 1530. The predicted octanol–water partition coefficient (Wildman–Crippen LogP) is 3.03. The molecule has 35 heavy (non-hydrogen) atoms. The first-order valence-corrected chi connectivity index (χ1v) is 11.4. The monoisotopic (exact) mass is 492 g/mol. The first-order chi connectivity index (χ1) is 16.8. The van der Waals surface area contributed by atoms with Crippen LogP contribution in [-0.2, 0) is 14.3 Å². The predicted molar refractivity (Wildman–Crippen MR) is 129 cm³/mol. The average Bonchev–Trinajstić information content (AvgIpc) is 3.12. The minimum absolute atomic E-state index is 0.00850. The summed E-state index contributed by atoms with van der Waals surface area (Å²) in [5.74, 6) is -1.24. The van der Waals surface area contributed by atoms with Crippen LogP contribution in [0.15, 0.2) is 82.2 Å². The molecule has 7 nitrogen and oxygen atoms in total. The van der Waals surface area contributed by atoms with Gasteiger partial charge in [0.05, 0.1) is 21.8 Å². The second kappa shape index (κ2) is 10.0. The van der Waals surface area contributed by atoms with Crippen LogP contribution in [0.5, 0.6) is 5.75 Å². The minimum atomic E-state index is -0.849. The summed E-state index contributed by atoms with van der Waals surface area (Å²) >= 11 is 1.10. The highest BCUT2D eigenvalue weighted by atomic mass is 32.1. The number of nitrogens with zero attached hydrogens (tertiary/aromatic N) is 2. The first-order valence-electron chi connectivity index (χ1n) is 10.6. The van der Waals surface area contributed by atoms with E-state index in [1.807, 2.05) is 0 Å². The molecule has 0 fully saturated rings. The quantitative estimate of drug-likeness (QED) is 0.300. The van der Waals surface area contributed by atoms with E-state index >= 15 is 0 Å². The Morgan fingerprint density at radius 1 is 1.20 bits per heavy atom. The smallest absolute Gasteiger partial charge is 0.338 e. The highest BCUT2D eigenvalue weighted by Crippen LogP contribution is 2.31. The maximum atomic E-state index is 14.2. The molecule has 178 valence electrons. The van der Waals surface area contributed by atoms with Crippen molar-refractivity contribution in [3.8, 4) is 5.75 Å². The van der Waals surface area contributed by atoms with Gasteiger partial charge in [-0.1, -0.05) is 54.3 Å². The van der Waals surface area contributed by atoms with E-state index < -0.39 is 29.4 Å². The van der Waals surface area contributed by atoms with Crippen LogP contribution in [0.25, 0.3) is 6.08 Å². The third-order valence-electron chi connectivity index (χ3n) is 5.22. The van der Waals surface area contributed by atoms with Gasteiger partial charge in [0.2, 0.25) is 0 Å². The second-order valence-electron chi connectivity index (χ2n) is 7.65. The fraction of sp³-hybridized carbons (Fsp3) is 0.154. The zero-order valence-corrected chi connectivity index (χ0v) is 19.8. The summed E-state index contributed by atoms with van der Waals surface area (Å²) < 4.78 is 26.3. The first kappa shape index (κ1) is 24.0. The lowest BCUT2D eigenvalue weighted by molar-refractivity contribution is -0.138. The number of thiazole rings is 1. The summed E-state index contributed by atoms with van der Waals surface area (Å²) in [7, 11) is 0. The minimum Gasteiger partial charge on any atom is -0.458 e. The van der Waals surface area contributed by atoms with Crippen LogP contribution in [0.1, 0.15) is 31.0 Å². The van der Waals surface area contributed by atoms with Crippen LogP contribution < -0.4 is 19.6 Å². The normalized spacial score (nSPS) is 15.3. The van der Waals surface area contributed by atoms with Crippen molar-refractivity contribution in [2.45, 2.75) is 19.9 Å². The lowest BCUT2D eigenvalue weighted by Crippen LogP contribution is -2.40. The third-order valence-corrected chi connectivity index (χ3v) is 6.21. The second-order valence-corrected chi connectivity index (χ2v) is 8.66. The Labute approximate surface area is 203 Å². The van der Waals surface area contributed by atoms with Gasteiger partial charge in [-0.3, -0.25) is 14.2 Å². The van der Waals surface area contributed by atoms with Gasteiger partial charge in [0, 0.05) is 12.5 Å². The number of fused-ring (bicyclic) bond motifs is 1. The standard InChI is InChI=1S/C26H21FN2O5S/c1-4-13-33-25(32)22-15(2)28-26-29(23(22)17-9-11-19(12-10-17)34-16(3)30)24(31)21(35-26)14-18-7-5-6-8-20(18)27/h4-12,14,23H,1,13H2,2-3H3/b21-14+/t23-/m1/s1. The van der Waals surface area contributed by atoms with Crippen molar-refractivity contribution in [3.63, 3.8) is 0 Å². The lowest BCUT2D eigenvalue weighted by atomic mass is 9.96. The Hall–Kier alpha value is -4.11. The molecule has 2 heterocycles. The van der Waals surface area contributed by atoms with E-state index in [9.17, 15) is 18.8 Å². The van der Waals surface area contributed by atoms with Gasteiger partial charge in [0.1, 0.15) is 18.2 Å². The summed E-state index contributed by atoms with van der Waals surface area (Å²) in [6.07, 6.45) is 2.91. The molecule has 0 saturated heterocycles. The number of hydrogen-bond acceptors (Lipinski definition) is 7. The van der Waals surface area contributed by atoms with Crippen molar-refractivity contribution < 1.29 is 23.5 Å². The molecule has 1 aromatic heterocycles. The lowest BCUT2D eigenvalue weighted by Gasteiger charge is -2.24. The molecular formula is C26H21FN2O5S. The molecule has 0 aliphatic carbocycles. The number of carbonyl (C=O) groups excluding carboxylic acids is 2. The molecule has 0 bridgehead atoms. The highest BCUT2D eigenvalue weighted by molar-refractivity contribution is 7.07. The molecule has 9 heteroatoms. The van der Waals surface area contributed by atoms with Gasteiger partial charge in [-0.25, -0.2) is 14.2 Å². The Morgan fingerprint density at radius 2 is 1.91 bits per heavy atom. The van der Waals surface area contributed by atoms with Gasteiger partial charge >= 0.3 is 11.9 Å². The molecule has 2 aromatic carbocycles. The summed E-state index contributed by atoms with van der Waals surface area (Å²) in [5, 5.41) is 0. The van der Waals surface area contributed by atoms with Crippen molar-refractivity contribution in [2.24, 2.45) is 4.99 Å². The maximum absolute atomic E-state index is 14.2. The third kappa shape index (κ3) is 4.90. The van der Waals surface area contributed by atoms with Crippen LogP contribution in [0.2, 0.25) is 0 Å². The molecule has 0 radical (unpaired) electrons. The molecule has 0 N–H and O–H groups in total. The molecule has 0 saturated carbocycles. The molecule has 1 aliphatic heterocycles. The number of carbonyl (C=O) groups is 2. The van der Waals surface area contributed by atoms with Gasteiger partial charge in [-0.2, -0.15) is 0 Å². The largest absolute Gasteiger partial charge is 0.458 e. The summed E-state index contributed by atoms with van der Waals surface area (Å²) in [4.78, 5) is 42.6. The maximum Gasteiger partial charge on any atom is 0.338 e. The van der Waals surface area contributed by atoms with E-state index in [-0.39, 0.29) is 22.3 Å². The number of benzene rings is 2. The molecule has 1 atom stereocenters. The zero-order chi connectivity index (χ0) is 25.1. The van der Waals surface area contributed by atoms with E-state index in [2.05, 4.69) is 11.6 Å². The Morgan fingerprint density at radius 3 is 2.57 bits per heavy atom. The molecule has 0 amide bonds. The van der Waals surface area contributed by atoms with Gasteiger partial charge in [-0.05, 0) is 36.8 Å². The summed E-state index contributed by atoms with van der Waals surface area (Å²) in [5.41, 5.74) is 1.01. The number of allylic oxidation sites excluding steroid dienone is 1. The van der Waals surface area contributed by atoms with Crippen LogP contribution in [0.3, 0.4) is 0 Å². The van der Waals surface area contributed by atoms with Crippen molar-refractivity contribution in [1.29, 1.82) is 0 Å². The number of ether oxygens (including phenoxy) is 2. The van der Waals surface area contributed by atoms with Crippen molar-refractivity contribution in [1.82, 2.24) is 4.57 Å². The molecule has 3 aromatic rings. The summed E-state index contributed by atoms with van der Waals surface area (Å²) in [6, 6.07) is 11.8. The molecule has 0 unspecified atom stereocenters. The van der Waals surface area contributed by atoms with E-state index in [0.29, 0.717) is 21.8 Å². The van der Waals surface area contributed by atoms with Gasteiger partial charge < -0.3 is 9.47 Å². The Balaban J connectivity index is 1.91. The number of aromatic nitrogens is 1. The topological polar surface area (TPSA) is 87.0 Å². The van der Waals surface area contributed by atoms with E-state index in [1.165, 1.54) is 29.7 Å². The average molecular weight is 493 g/mol. The van der Waals surface area contributed by atoms with Crippen LogP contribution in [0, 0.1) is 5.82 Å². The van der Waals surface area contributed by atoms with Crippen LogP contribution in [-0.4, -0.2) is 23.1 Å². The van der Waals surface area contributed by atoms with Crippen molar-refractivity contribution in [2.75, 3.05) is 6.61 Å². The van der Waals surface area contributed by atoms with Gasteiger partial charge in [-0.15, -0.1) is 0 Å².